The molecule has 2 atom stereocenters. The quantitative estimate of drug-likeness (QED) is 0.840. The predicted molar refractivity (Wildman–Crippen MR) is 102 cm³/mol. The summed E-state index contributed by atoms with van der Waals surface area (Å²) in [6.07, 6.45) is 0.333. The third kappa shape index (κ3) is 3.95. The normalized spacial score (nSPS) is 24.6. The molecule has 2 saturated heterocycles. The van der Waals surface area contributed by atoms with Gasteiger partial charge in [0.1, 0.15) is 0 Å². The van der Waals surface area contributed by atoms with Gasteiger partial charge in [-0.05, 0) is 26.3 Å². The number of benzene rings is 1. The standard InChI is InChI=1S/C20H27N3OS/c1-14-6-15(2)8-17(7-14)9-22-11-19-20(12-22)24-5-4-23(19)10-18-13-25-16(3)21-18/h6-8,13,19-20H,4-5,9-12H2,1-3H3/t19-,20+/m0/s1. The van der Waals surface area contributed by atoms with Gasteiger partial charge in [0.05, 0.1) is 29.5 Å². The predicted octanol–water partition coefficient (Wildman–Crippen LogP) is 3.15. The Labute approximate surface area is 154 Å². The van der Waals surface area contributed by atoms with Crippen LogP contribution in [0.25, 0.3) is 0 Å². The van der Waals surface area contributed by atoms with E-state index in [4.69, 9.17) is 4.74 Å². The molecule has 5 heteroatoms. The second-order valence-electron chi connectivity index (χ2n) is 7.49. The van der Waals surface area contributed by atoms with Crippen LogP contribution in [0.4, 0.5) is 0 Å². The van der Waals surface area contributed by atoms with E-state index in [1.807, 2.05) is 0 Å². The second-order valence-corrected chi connectivity index (χ2v) is 8.56. The number of morpholine rings is 1. The lowest BCUT2D eigenvalue weighted by Crippen LogP contribution is -2.50. The van der Waals surface area contributed by atoms with Crippen LogP contribution in [0.5, 0.6) is 0 Å². The highest BCUT2D eigenvalue weighted by Gasteiger charge is 2.40. The van der Waals surface area contributed by atoms with Gasteiger partial charge in [-0.3, -0.25) is 9.80 Å². The van der Waals surface area contributed by atoms with Crippen molar-refractivity contribution < 1.29 is 4.74 Å². The molecule has 2 aliphatic heterocycles. The summed E-state index contributed by atoms with van der Waals surface area (Å²) in [5, 5.41) is 3.35. The van der Waals surface area contributed by atoms with E-state index in [9.17, 15) is 0 Å². The maximum Gasteiger partial charge on any atom is 0.0897 e. The summed E-state index contributed by atoms with van der Waals surface area (Å²) < 4.78 is 6.09. The molecule has 0 spiro atoms. The topological polar surface area (TPSA) is 28.6 Å². The van der Waals surface area contributed by atoms with Gasteiger partial charge in [0, 0.05) is 38.1 Å². The minimum atomic E-state index is 0.333. The number of aryl methyl sites for hydroxylation is 3. The highest BCUT2D eigenvalue weighted by Crippen LogP contribution is 2.26. The fraction of sp³-hybridized carbons (Fsp3) is 0.550. The van der Waals surface area contributed by atoms with Gasteiger partial charge in [0.25, 0.3) is 0 Å². The first-order valence-electron chi connectivity index (χ1n) is 9.13. The largest absolute Gasteiger partial charge is 0.374 e. The van der Waals surface area contributed by atoms with Crippen LogP contribution < -0.4 is 0 Å². The molecule has 3 heterocycles. The lowest BCUT2D eigenvalue weighted by atomic mass is 10.1. The summed E-state index contributed by atoms with van der Waals surface area (Å²) in [5.41, 5.74) is 5.32. The third-order valence-corrected chi connectivity index (χ3v) is 6.03. The highest BCUT2D eigenvalue weighted by atomic mass is 32.1. The van der Waals surface area contributed by atoms with E-state index in [1.165, 1.54) is 22.4 Å². The van der Waals surface area contributed by atoms with Gasteiger partial charge >= 0.3 is 0 Å². The molecule has 0 N–H and O–H groups in total. The van der Waals surface area contributed by atoms with E-state index in [-0.39, 0.29) is 0 Å². The van der Waals surface area contributed by atoms with Crippen molar-refractivity contribution >= 4 is 11.3 Å². The molecule has 1 aromatic carbocycles. The van der Waals surface area contributed by atoms with Crippen LogP contribution in [-0.4, -0.2) is 53.2 Å². The van der Waals surface area contributed by atoms with Crippen molar-refractivity contribution in [2.45, 2.75) is 46.0 Å². The average Bonchev–Trinajstić information content (AvgIpc) is 3.12. The SMILES string of the molecule is Cc1cc(C)cc(CN2C[C@H]3OCCN(Cc4csc(C)n4)[C@H]3C2)c1. The first-order chi connectivity index (χ1) is 12.1. The van der Waals surface area contributed by atoms with E-state index in [2.05, 4.69) is 59.1 Å². The summed E-state index contributed by atoms with van der Waals surface area (Å²) in [6.45, 7) is 12.4. The third-order valence-electron chi connectivity index (χ3n) is 5.21. The summed E-state index contributed by atoms with van der Waals surface area (Å²) in [4.78, 5) is 9.77. The van der Waals surface area contributed by atoms with Crippen molar-refractivity contribution in [2.24, 2.45) is 0 Å². The molecule has 4 rings (SSSR count). The number of fused-ring (bicyclic) bond motifs is 1. The number of likely N-dealkylation sites (tertiary alicyclic amines) is 1. The zero-order chi connectivity index (χ0) is 17.4. The number of aromatic nitrogens is 1. The Morgan fingerprint density at radius 1 is 1.12 bits per heavy atom. The zero-order valence-electron chi connectivity index (χ0n) is 15.4. The summed E-state index contributed by atoms with van der Waals surface area (Å²) in [6, 6.07) is 7.35. The lowest BCUT2D eigenvalue weighted by molar-refractivity contribution is -0.0507. The molecule has 0 saturated carbocycles. The van der Waals surface area contributed by atoms with Gasteiger partial charge in [-0.2, -0.15) is 0 Å². The van der Waals surface area contributed by atoms with Gasteiger partial charge in [-0.15, -0.1) is 11.3 Å². The molecule has 25 heavy (non-hydrogen) atoms. The van der Waals surface area contributed by atoms with Crippen LogP contribution in [-0.2, 0) is 17.8 Å². The summed E-state index contributed by atoms with van der Waals surface area (Å²) in [5.74, 6) is 0. The number of hydrogen-bond acceptors (Lipinski definition) is 5. The van der Waals surface area contributed by atoms with Crippen molar-refractivity contribution in [1.29, 1.82) is 0 Å². The number of nitrogens with zero attached hydrogens (tertiary/aromatic N) is 3. The maximum absolute atomic E-state index is 6.09. The van der Waals surface area contributed by atoms with Gasteiger partial charge in [0.2, 0.25) is 0 Å². The average molecular weight is 358 g/mol. The maximum atomic E-state index is 6.09. The van der Waals surface area contributed by atoms with Gasteiger partial charge in [0.15, 0.2) is 0 Å². The Hall–Kier alpha value is -1.27. The van der Waals surface area contributed by atoms with Crippen molar-refractivity contribution in [1.82, 2.24) is 14.8 Å². The van der Waals surface area contributed by atoms with Crippen LogP contribution in [0, 0.1) is 20.8 Å². The van der Waals surface area contributed by atoms with Crippen LogP contribution in [0.3, 0.4) is 0 Å². The highest BCUT2D eigenvalue weighted by molar-refractivity contribution is 7.09. The molecule has 0 radical (unpaired) electrons. The van der Waals surface area contributed by atoms with Crippen LogP contribution >= 0.6 is 11.3 Å². The Balaban J connectivity index is 1.43. The van der Waals surface area contributed by atoms with Gasteiger partial charge < -0.3 is 4.74 Å². The van der Waals surface area contributed by atoms with Crippen molar-refractivity contribution in [2.75, 3.05) is 26.2 Å². The number of hydrogen-bond donors (Lipinski definition) is 0. The van der Waals surface area contributed by atoms with E-state index in [0.29, 0.717) is 12.1 Å². The van der Waals surface area contributed by atoms with E-state index >= 15 is 0 Å². The van der Waals surface area contributed by atoms with Crippen LogP contribution in [0.15, 0.2) is 23.6 Å². The van der Waals surface area contributed by atoms with E-state index in [1.54, 1.807) is 11.3 Å². The van der Waals surface area contributed by atoms with Gasteiger partial charge in [-0.25, -0.2) is 4.98 Å². The second kappa shape index (κ2) is 7.16. The Kier molecular flexibility index (Phi) is 4.91. The molecule has 2 aromatic rings. The van der Waals surface area contributed by atoms with Crippen LogP contribution in [0.1, 0.15) is 27.4 Å². The first kappa shape index (κ1) is 17.2. The monoisotopic (exact) mass is 357 g/mol. The Bertz CT molecular complexity index is 724. The minimum absolute atomic E-state index is 0.333. The first-order valence-corrected chi connectivity index (χ1v) is 10.0. The van der Waals surface area contributed by atoms with Crippen LogP contribution in [0.2, 0.25) is 0 Å². The van der Waals surface area contributed by atoms with Crippen molar-refractivity contribution in [3.63, 3.8) is 0 Å². The van der Waals surface area contributed by atoms with Crippen molar-refractivity contribution in [3.05, 3.63) is 51.0 Å². The molecule has 4 nitrogen and oxygen atoms in total. The van der Waals surface area contributed by atoms with Crippen molar-refractivity contribution in [3.8, 4) is 0 Å². The fourth-order valence-electron chi connectivity index (χ4n) is 4.27. The molecular weight excluding hydrogens is 330 g/mol. The van der Waals surface area contributed by atoms with E-state index in [0.717, 1.165) is 44.3 Å². The molecule has 134 valence electrons. The number of ether oxygens (including phenoxy) is 1. The number of rotatable bonds is 4. The zero-order valence-corrected chi connectivity index (χ0v) is 16.2. The van der Waals surface area contributed by atoms with Gasteiger partial charge in [-0.1, -0.05) is 29.3 Å². The lowest BCUT2D eigenvalue weighted by Gasteiger charge is -2.36. The Morgan fingerprint density at radius 3 is 2.64 bits per heavy atom. The smallest absolute Gasteiger partial charge is 0.0897 e. The molecule has 2 aliphatic rings. The molecule has 1 aromatic heterocycles. The van der Waals surface area contributed by atoms with E-state index < -0.39 is 0 Å². The molecule has 2 fully saturated rings. The molecule has 0 amide bonds. The molecule has 0 unspecified atom stereocenters. The summed E-state index contributed by atoms with van der Waals surface area (Å²) >= 11 is 1.74. The molecule has 0 aliphatic carbocycles. The molecular formula is C20H27N3OS. The minimum Gasteiger partial charge on any atom is -0.374 e. The molecule has 0 bridgehead atoms. The Morgan fingerprint density at radius 2 is 1.92 bits per heavy atom. The fourth-order valence-corrected chi connectivity index (χ4v) is 4.87. The summed E-state index contributed by atoms with van der Waals surface area (Å²) in [7, 11) is 0. The number of thiazole rings is 1.